The highest BCUT2D eigenvalue weighted by Crippen LogP contribution is 2.12. The van der Waals surface area contributed by atoms with E-state index in [1.165, 1.54) is 36.4 Å². The van der Waals surface area contributed by atoms with E-state index < -0.39 is 22.8 Å². The van der Waals surface area contributed by atoms with E-state index in [1.54, 1.807) is 0 Å². The first-order valence-corrected chi connectivity index (χ1v) is 6.52. The molecular weight excluding hydrogens is 290 g/mol. The van der Waals surface area contributed by atoms with E-state index in [9.17, 15) is 24.5 Å². The second kappa shape index (κ2) is 6.61. The van der Waals surface area contributed by atoms with Crippen LogP contribution in [0.2, 0.25) is 0 Å². The van der Waals surface area contributed by atoms with Crippen molar-refractivity contribution < 1.29 is 19.3 Å². The van der Waals surface area contributed by atoms with Gasteiger partial charge in [-0.3, -0.25) is 29.8 Å². The summed E-state index contributed by atoms with van der Waals surface area (Å²) in [6.45, 7) is 0. The Morgan fingerprint density at radius 1 is 1.32 bits per heavy atom. The van der Waals surface area contributed by atoms with Gasteiger partial charge in [0.05, 0.1) is 4.92 Å². The Hall–Kier alpha value is -3.03. The standard InChI is InChI=1S/C14H13N3O5/c18-12(15-11-6-8-13(19)16-14(11)20)7-3-9-1-4-10(5-2-9)17(21)22/h1-5,7,11H,6,8H2,(H,15,18)(H,16,19,20)/b7-3+. The number of nitro benzene ring substituents is 1. The zero-order chi connectivity index (χ0) is 16.1. The molecule has 22 heavy (non-hydrogen) atoms. The van der Waals surface area contributed by atoms with Gasteiger partial charge in [-0.25, -0.2) is 0 Å². The zero-order valence-corrected chi connectivity index (χ0v) is 11.4. The fourth-order valence-corrected chi connectivity index (χ4v) is 1.93. The average molecular weight is 303 g/mol. The number of nitrogens with one attached hydrogen (secondary N) is 2. The van der Waals surface area contributed by atoms with Crippen molar-refractivity contribution in [2.75, 3.05) is 0 Å². The molecule has 8 heteroatoms. The second-order valence-electron chi connectivity index (χ2n) is 4.69. The zero-order valence-electron chi connectivity index (χ0n) is 11.4. The van der Waals surface area contributed by atoms with Crippen molar-refractivity contribution in [1.29, 1.82) is 0 Å². The highest BCUT2D eigenvalue weighted by Gasteiger charge is 2.27. The van der Waals surface area contributed by atoms with Gasteiger partial charge in [0.15, 0.2) is 0 Å². The van der Waals surface area contributed by atoms with Crippen molar-refractivity contribution in [3.8, 4) is 0 Å². The quantitative estimate of drug-likeness (QED) is 0.364. The van der Waals surface area contributed by atoms with Crippen molar-refractivity contribution >= 4 is 29.5 Å². The molecule has 1 heterocycles. The van der Waals surface area contributed by atoms with Crippen LogP contribution in [0.15, 0.2) is 30.3 Å². The van der Waals surface area contributed by atoms with Gasteiger partial charge in [0.1, 0.15) is 6.04 Å². The lowest BCUT2D eigenvalue weighted by molar-refractivity contribution is -0.384. The summed E-state index contributed by atoms with van der Waals surface area (Å²) in [5, 5.41) is 15.2. The second-order valence-corrected chi connectivity index (χ2v) is 4.69. The number of benzene rings is 1. The number of amides is 3. The lowest BCUT2D eigenvalue weighted by atomic mass is 10.1. The largest absolute Gasteiger partial charge is 0.341 e. The minimum atomic E-state index is -0.730. The molecule has 3 amide bonds. The maximum absolute atomic E-state index is 11.7. The van der Waals surface area contributed by atoms with Crippen LogP contribution in [0.5, 0.6) is 0 Å². The van der Waals surface area contributed by atoms with Gasteiger partial charge in [0.25, 0.3) is 5.69 Å². The summed E-state index contributed by atoms with van der Waals surface area (Å²) in [5.74, 6) is -1.35. The number of rotatable bonds is 4. The molecule has 1 atom stereocenters. The van der Waals surface area contributed by atoms with E-state index in [2.05, 4.69) is 10.6 Å². The van der Waals surface area contributed by atoms with Crippen LogP contribution in [0.3, 0.4) is 0 Å². The molecule has 0 saturated carbocycles. The third-order valence-corrected chi connectivity index (χ3v) is 3.09. The van der Waals surface area contributed by atoms with E-state index in [0.717, 1.165) is 0 Å². The molecule has 1 saturated heterocycles. The summed E-state index contributed by atoms with van der Waals surface area (Å²) < 4.78 is 0. The van der Waals surface area contributed by atoms with E-state index in [1.807, 2.05) is 0 Å². The van der Waals surface area contributed by atoms with E-state index in [-0.39, 0.29) is 24.4 Å². The molecule has 0 bridgehead atoms. The molecular formula is C14H13N3O5. The first kappa shape index (κ1) is 15.4. The minimum Gasteiger partial charge on any atom is -0.341 e. The monoisotopic (exact) mass is 303 g/mol. The highest BCUT2D eigenvalue weighted by molar-refractivity contribution is 6.03. The molecule has 1 aliphatic heterocycles. The number of carbonyl (C=O) groups excluding carboxylic acids is 3. The molecule has 0 radical (unpaired) electrons. The summed E-state index contributed by atoms with van der Waals surface area (Å²) in [4.78, 5) is 44.2. The van der Waals surface area contributed by atoms with Crippen LogP contribution in [0, 0.1) is 10.1 Å². The molecule has 1 fully saturated rings. The lowest BCUT2D eigenvalue weighted by Crippen LogP contribution is -2.51. The van der Waals surface area contributed by atoms with Crippen LogP contribution < -0.4 is 10.6 Å². The first-order valence-electron chi connectivity index (χ1n) is 6.52. The molecule has 0 spiro atoms. The summed E-state index contributed by atoms with van der Waals surface area (Å²) in [6, 6.07) is 4.95. The average Bonchev–Trinajstić information content (AvgIpc) is 2.48. The van der Waals surface area contributed by atoms with Crippen LogP contribution in [0.4, 0.5) is 5.69 Å². The molecule has 8 nitrogen and oxygen atoms in total. The first-order chi connectivity index (χ1) is 10.5. The number of piperidine rings is 1. The Morgan fingerprint density at radius 2 is 2.00 bits per heavy atom. The van der Waals surface area contributed by atoms with Gasteiger partial charge in [-0.2, -0.15) is 0 Å². The van der Waals surface area contributed by atoms with Crippen molar-refractivity contribution in [3.05, 3.63) is 46.0 Å². The Labute approximate surface area is 125 Å². The molecule has 2 N–H and O–H groups in total. The van der Waals surface area contributed by atoms with Crippen molar-refractivity contribution in [3.63, 3.8) is 0 Å². The van der Waals surface area contributed by atoms with Crippen molar-refractivity contribution in [2.24, 2.45) is 0 Å². The fourth-order valence-electron chi connectivity index (χ4n) is 1.93. The Morgan fingerprint density at radius 3 is 2.59 bits per heavy atom. The number of nitrogens with zero attached hydrogens (tertiary/aromatic N) is 1. The molecule has 1 aliphatic rings. The van der Waals surface area contributed by atoms with E-state index >= 15 is 0 Å². The third kappa shape index (κ3) is 3.98. The number of hydrogen-bond acceptors (Lipinski definition) is 5. The maximum Gasteiger partial charge on any atom is 0.269 e. The maximum atomic E-state index is 11.7. The van der Waals surface area contributed by atoms with Crippen LogP contribution in [0.25, 0.3) is 6.08 Å². The van der Waals surface area contributed by atoms with Gasteiger partial charge in [-0.05, 0) is 30.2 Å². The van der Waals surface area contributed by atoms with E-state index in [0.29, 0.717) is 5.56 Å². The predicted octanol–water partition coefficient (Wildman–Crippen LogP) is 0.529. The number of non-ortho nitro benzene ring substituents is 1. The Bertz CT molecular complexity index is 651. The van der Waals surface area contributed by atoms with Gasteiger partial charge in [-0.15, -0.1) is 0 Å². The van der Waals surface area contributed by atoms with Crippen LogP contribution in [-0.2, 0) is 14.4 Å². The molecule has 114 valence electrons. The molecule has 1 aromatic rings. The van der Waals surface area contributed by atoms with Gasteiger partial charge >= 0.3 is 0 Å². The highest BCUT2D eigenvalue weighted by atomic mass is 16.6. The number of carbonyl (C=O) groups is 3. The fraction of sp³-hybridized carbons (Fsp3) is 0.214. The summed E-state index contributed by atoms with van der Waals surface area (Å²) >= 11 is 0. The van der Waals surface area contributed by atoms with Crippen LogP contribution in [0.1, 0.15) is 18.4 Å². The smallest absolute Gasteiger partial charge is 0.269 e. The minimum absolute atomic E-state index is 0.0369. The van der Waals surface area contributed by atoms with Gasteiger partial charge in [-0.1, -0.05) is 0 Å². The summed E-state index contributed by atoms with van der Waals surface area (Å²) in [6.07, 6.45) is 3.15. The lowest BCUT2D eigenvalue weighted by Gasteiger charge is -2.20. The SMILES string of the molecule is O=C(/C=C/c1ccc([N+](=O)[O-])cc1)NC1CCC(=O)NC1=O. The topological polar surface area (TPSA) is 118 Å². The molecule has 0 aromatic heterocycles. The third-order valence-electron chi connectivity index (χ3n) is 3.09. The normalized spacial score (nSPS) is 18.1. The Kier molecular flexibility index (Phi) is 4.62. The predicted molar refractivity (Wildman–Crippen MR) is 76.4 cm³/mol. The number of nitro groups is 1. The number of hydrogen-bond donors (Lipinski definition) is 2. The number of imide groups is 1. The van der Waals surface area contributed by atoms with Crippen LogP contribution >= 0.6 is 0 Å². The Balaban J connectivity index is 1.92. The molecule has 1 unspecified atom stereocenters. The summed E-state index contributed by atoms with van der Waals surface area (Å²) in [7, 11) is 0. The van der Waals surface area contributed by atoms with Gasteiger partial charge in [0, 0.05) is 24.6 Å². The molecule has 2 rings (SSSR count). The molecule has 1 aromatic carbocycles. The van der Waals surface area contributed by atoms with Gasteiger partial charge < -0.3 is 5.32 Å². The van der Waals surface area contributed by atoms with Gasteiger partial charge in [0.2, 0.25) is 17.7 Å². The van der Waals surface area contributed by atoms with Crippen molar-refractivity contribution in [2.45, 2.75) is 18.9 Å². The van der Waals surface area contributed by atoms with Crippen molar-refractivity contribution in [1.82, 2.24) is 10.6 Å². The molecule has 0 aliphatic carbocycles. The summed E-state index contributed by atoms with van der Waals surface area (Å²) in [5.41, 5.74) is 0.578. The van der Waals surface area contributed by atoms with E-state index in [4.69, 9.17) is 0 Å². The van der Waals surface area contributed by atoms with Crippen LogP contribution in [-0.4, -0.2) is 28.7 Å².